The van der Waals surface area contributed by atoms with Gasteiger partial charge < -0.3 is 5.11 Å². The van der Waals surface area contributed by atoms with Crippen molar-refractivity contribution < 1.29 is 14.0 Å². The summed E-state index contributed by atoms with van der Waals surface area (Å²) in [5.74, 6) is -0.878. The van der Waals surface area contributed by atoms with Gasteiger partial charge in [0.05, 0.1) is 0 Å². The molecule has 0 aliphatic carbocycles. The highest BCUT2D eigenvalue weighted by atomic mass is 16.4. The first-order valence-electron chi connectivity index (χ1n) is 9.09. The lowest BCUT2D eigenvalue weighted by Gasteiger charge is -2.02. The minimum Gasteiger partial charge on any atom is -0.481 e. The first-order chi connectivity index (χ1) is 9.87. The van der Waals surface area contributed by atoms with Crippen molar-refractivity contribution in [1.82, 2.24) is 0 Å². The molecule has 1 N–H and O–H groups in total. The second-order valence-electron chi connectivity index (χ2n) is 4.90. The Balaban J connectivity index is 3.62. The Hall–Kier alpha value is -0.530. The van der Waals surface area contributed by atoms with Gasteiger partial charge in [0.15, 0.2) is 0 Å². The maximum atomic E-state index is 10.4. The summed E-state index contributed by atoms with van der Waals surface area (Å²) in [4.78, 5) is 10.4. The van der Waals surface area contributed by atoms with Crippen LogP contribution in [-0.2, 0) is 4.79 Å². The number of hydrogen-bond acceptors (Lipinski definition) is 1. The molecule has 18 heavy (non-hydrogen) atoms. The molecule has 0 bridgehead atoms. The molecular weight excluding hydrogens is 224 g/mol. The largest absolute Gasteiger partial charge is 0.481 e. The van der Waals surface area contributed by atoms with Gasteiger partial charge >= 0.3 is 5.97 Å². The maximum absolute atomic E-state index is 10.4. The van der Waals surface area contributed by atoms with Gasteiger partial charge in [0.1, 0.15) is 0 Å². The fourth-order valence-electron chi connectivity index (χ4n) is 1.92. The maximum Gasteiger partial charge on any atom is 0.303 e. The Morgan fingerprint density at radius 2 is 1.50 bits per heavy atom. The number of carbonyl (C=O) groups is 1. The quantitative estimate of drug-likeness (QED) is 0.415. The van der Waals surface area contributed by atoms with Gasteiger partial charge in [-0.15, -0.1) is 0 Å². The van der Waals surface area contributed by atoms with Crippen molar-refractivity contribution in [1.29, 1.82) is 0 Å². The van der Waals surface area contributed by atoms with E-state index in [1.807, 2.05) is 0 Å². The summed E-state index contributed by atoms with van der Waals surface area (Å²) in [6, 6.07) is 0. The molecule has 108 valence electrons. The van der Waals surface area contributed by atoms with Crippen LogP contribution < -0.4 is 0 Å². The summed E-state index contributed by atoms with van der Waals surface area (Å²) in [5.41, 5.74) is 0. The molecule has 0 saturated heterocycles. The van der Waals surface area contributed by atoms with Crippen molar-refractivity contribution in [3.63, 3.8) is 0 Å². The summed E-state index contributed by atoms with van der Waals surface area (Å²) >= 11 is 0. The monoisotopic (exact) mass is 259 g/mol. The van der Waals surface area contributed by atoms with E-state index in [1.165, 1.54) is 32.1 Å². The van der Waals surface area contributed by atoms with Gasteiger partial charge in [0.2, 0.25) is 0 Å². The predicted octanol–water partition coefficient (Wildman–Crippen LogP) is 5.55. The van der Waals surface area contributed by atoms with Crippen LogP contribution in [0.2, 0.25) is 0 Å². The fourth-order valence-corrected chi connectivity index (χ4v) is 1.92. The topological polar surface area (TPSA) is 37.3 Å². The highest BCUT2D eigenvalue weighted by Gasteiger charge is 1.96. The summed E-state index contributed by atoms with van der Waals surface area (Å²) in [5, 5.41) is 8.55. The number of carboxylic acids is 1. The Bertz CT molecular complexity index is 270. The minimum absolute atomic E-state index is 0.0138. The van der Waals surface area contributed by atoms with Gasteiger partial charge in [-0.25, -0.2) is 0 Å². The number of carboxylic acid groups (broad SMARTS) is 1. The molecule has 0 radical (unpaired) electrons. The second kappa shape index (κ2) is 14.5. The Kier molecular flexibility index (Phi) is 10.1. The highest BCUT2D eigenvalue weighted by Crippen LogP contribution is 2.12. The molecule has 0 spiro atoms. The average Bonchev–Trinajstić information content (AvgIpc) is 2.36. The smallest absolute Gasteiger partial charge is 0.303 e. The zero-order valence-electron chi connectivity index (χ0n) is 14.9. The molecule has 2 nitrogen and oxygen atoms in total. The average molecular weight is 259 g/mol. The van der Waals surface area contributed by atoms with Gasteiger partial charge in [-0.1, -0.05) is 83.9 Å². The molecule has 0 aliphatic heterocycles. The van der Waals surface area contributed by atoms with Crippen molar-refractivity contribution in [2.24, 2.45) is 0 Å². The molecule has 0 saturated carbocycles. The Labute approximate surface area is 117 Å². The lowest BCUT2D eigenvalue weighted by Crippen LogP contribution is -1.93. The van der Waals surface area contributed by atoms with Crippen LogP contribution in [0.15, 0.2) is 0 Å². The van der Waals surface area contributed by atoms with E-state index in [9.17, 15) is 4.79 Å². The van der Waals surface area contributed by atoms with Crippen molar-refractivity contribution in [2.45, 2.75) is 96.7 Å². The van der Waals surface area contributed by atoms with Crippen LogP contribution >= 0.6 is 0 Å². The lowest BCUT2D eigenvalue weighted by atomic mass is 10.0. The Morgan fingerprint density at radius 3 is 2.11 bits per heavy atom. The van der Waals surface area contributed by atoms with E-state index in [-0.39, 0.29) is 25.7 Å². The van der Waals surface area contributed by atoms with Crippen molar-refractivity contribution >= 4 is 5.97 Å². The molecular formula is C16H32O2. The summed E-state index contributed by atoms with van der Waals surface area (Å²) in [6.45, 7) is 2.20. The van der Waals surface area contributed by atoms with E-state index in [4.69, 9.17) is 9.22 Å². The predicted molar refractivity (Wildman–Crippen MR) is 77.9 cm³/mol. The third kappa shape index (κ3) is 15.5. The molecule has 0 aromatic rings. The SMILES string of the molecule is [2H]C(CCCCCCCCC)CC([2H])([2H])CCCC(=O)O. The van der Waals surface area contributed by atoms with Crippen molar-refractivity contribution in [3.05, 3.63) is 0 Å². The van der Waals surface area contributed by atoms with Crippen LogP contribution in [0.1, 0.15) is 101 Å². The summed E-state index contributed by atoms with van der Waals surface area (Å²) < 4.78 is 23.6. The zero-order chi connectivity index (χ0) is 16.1. The third-order valence-corrected chi connectivity index (χ3v) is 3.04. The first-order valence-corrected chi connectivity index (χ1v) is 7.51. The van der Waals surface area contributed by atoms with Crippen LogP contribution in [0.25, 0.3) is 0 Å². The van der Waals surface area contributed by atoms with Crippen molar-refractivity contribution in [2.75, 3.05) is 0 Å². The molecule has 1 atom stereocenters. The van der Waals surface area contributed by atoms with Crippen LogP contribution in [-0.4, -0.2) is 11.1 Å². The minimum atomic E-state index is -1.40. The Morgan fingerprint density at radius 1 is 0.889 bits per heavy atom. The summed E-state index contributed by atoms with van der Waals surface area (Å²) in [7, 11) is 0. The standard InChI is InChI=1S/C16H32O2/c1-2-3-4-5-6-7-8-9-10-11-12-13-14-15-16(17)18/h2-15H2,1H3,(H,17,18)/i10D,12D2. The molecule has 0 rings (SSSR count). The zero-order valence-corrected chi connectivity index (χ0v) is 11.9. The van der Waals surface area contributed by atoms with Crippen LogP contribution in [0.3, 0.4) is 0 Å². The molecule has 1 unspecified atom stereocenters. The second-order valence-corrected chi connectivity index (χ2v) is 4.90. The molecule has 0 aromatic carbocycles. The van der Waals surface area contributed by atoms with Crippen LogP contribution in [0.5, 0.6) is 0 Å². The number of hydrogen-bond donors (Lipinski definition) is 1. The van der Waals surface area contributed by atoms with Gasteiger partial charge in [-0.3, -0.25) is 4.79 Å². The summed E-state index contributed by atoms with van der Waals surface area (Å²) in [6.07, 6.45) is 8.32. The third-order valence-electron chi connectivity index (χ3n) is 3.04. The van der Waals surface area contributed by atoms with E-state index in [2.05, 4.69) is 6.92 Å². The molecule has 0 amide bonds. The van der Waals surface area contributed by atoms with Gasteiger partial charge in [-0.2, -0.15) is 0 Å². The van der Waals surface area contributed by atoms with Gasteiger partial charge in [0, 0.05) is 10.5 Å². The number of rotatable bonds is 14. The molecule has 0 heterocycles. The van der Waals surface area contributed by atoms with Crippen molar-refractivity contribution in [3.8, 4) is 0 Å². The molecule has 0 aliphatic rings. The van der Waals surface area contributed by atoms with E-state index >= 15 is 0 Å². The van der Waals surface area contributed by atoms with Crippen LogP contribution in [0, 0.1) is 0 Å². The van der Waals surface area contributed by atoms with Crippen LogP contribution in [0.4, 0.5) is 0 Å². The number of unbranched alkanes of at least 4 members (excludes halogenated alkanes) is 6. The first kappa shape index (κ1) is 12.5. The molecule has 0 aromatic heterocycles. The van der Waals surface area contributed by atoms with Gasteiger partial charge in [-0.05, 0) is 6.42 Å². The molecule has 0 fully saturated rings. The normalized spacial score (nSPS) is 15.7. The van der Waals surface area contributed by atoms with E-state index in [0.29, 0.717) is 6.42 Å². The molecule has 2 heteroatoms. The highest BCUT2D eigenvalue weighted by molar-refractivity contribution is 5.66. The van der Waals surface area contributed by atoms with E-state index < -0.39 is 12.3 Å². The number of aliphatic carboxylic acids is 1. The van der Waals surface area contributed by atoms with Gasteiger partial charge in [0.25, 0.3) is 0 Å². The van der Waals surface area contributed by atoms with E-state index in [1.54, 1.807) is 0 Å². The lowest BCUT2D eigenvalue weighted by molar-refractivity contribution is -0.137. The van der Waals surface area contributed by atoms with E-state index in [0.717, 1.165) is 19.3 Å². The fraction of sp³-hybridized carbons (Fsp3) is 0.938.